The van der Waals surface area contributed by atoms with E-state index in [1.165, 1.54) is 6.92 Å². The predicted octanol–water partition coefficient (Wildman–Crippen LogP) is 5.00. The summed E-state index contributed by atoms with van der Waals surface area (Å²) >= 11 is 0. The minimum absolute atomic E-state index is 0.111. The van der Waals surface area contributed by atoms with Gasteiger partial charge in [0.05, 0.1) is 28.9 Å². The van der Waals surface area contributed by atoms with Crippen LogP contribution in [0.1, 0.15) is 88.5 Å². The molecule has 216 valence electrons. The molecule has 0 fully saturated rings. The summed E-state index contributed by atoms with van der Waals surface area (Å²) in [5.41, 5.74) is -0.798. The van der Waals surface area contributed by atoms with Gasteiger partial charge in [0.2, 0.25) is 0 Å². The number of hydrogen-bond donors (Lipinski definition) is 1. The first-order valence-corrected chi connectivity index (χ1v) is 12.6. The third-order valence-electron chi connectivity index (χ3n) is 5.74. The second-order valence-electron chi connectivity index (χ2n) is 10.6. The topological polar surface area (TPSA) is 132 Å². The van der Waals surface area contributed by atoms with Crippen LogP contribution in [0.5, 0.6) is 0 Å². The fourth-order valence-electron chi connectivity index (χ4n) is 1.49. The molecule has 0 saturated heterocycles. The molecule has 1 N–H and O–H groups in total. The van der Waals surface area contributed by atoms with Crippen LogP contribution in [0, 0.1) is 27.6 Å². The average molecular weight is 530 g/mol. The van der Waals surface area contributed by atoms with Crippen molar-refractivity contribution in [3.8, 4) is 6.07 Å². The second-order valence-corrected chi connectivity index (χ2v) is 10.6. The predicted molar refractivity (Wildman–Crippen MR) is 143 cm³/mol. The van der Waals surface area contributed by atoms with Crippen molar-refractivity contribution in [3.63, 3.8) is 0 Å². The van der Waals surface area contributed by atoms with E-state index in [1.807, 2.05) is 48.5 Å². The zero-order valence-corrected chi connectivity index (χ0v) is 25.0. The van der Waals surface area contributed by atoms with Gasteiger partial charge in [-0.25, -0.2) is 4.79 Å². The standard InChI is InChI=1S/C13H22O5.C9H18O3.C6H11N/c1-6-13(4,5)12(16)18-8-10(14)7-17-11(15)9(2)3;1-5-9(2,3)8(10)12-7-6-11-4;1-4-6(2,3)5-7/h10,14H,2,6-8H2,1,3-5H3;5-7H2,1-4H3;4H2,1-3H3. The van der Waals surface area contributed by atoms with Crippen LogP contribution >= 0.6 is 0 Å². The van der Waals surface area contributed by atoms with Gasteiger partial charge in [-0.05, 0) is 67.7 Å². The maximum atomic E-state index is 11.6. The second kappa shape index (κ2) is 19.6. The molecule has 0 amide bonds. The van der Waals surface area contributed by atoms with Gasteiger partial charge in [0.25, 0.3) is 0 Å². The molecule has 0 aromatic carbocycles. The molecule has 0 aromatic rings. The van der Waals surface area contributed by atoms with E-state index in [0.717, 1.165) is 12.8 Å². The number of carbonyl (C=O) groups excluding carboxylic acids is 3. The van der Waals surface area contributed by atoms with Gasteiger partial charge in [-0.3, -0.25) is 9.59 Å². The summed E-state index contributed by atoms with van der Waals surface area (Å²) in [7, 11) is 1.58. The number of carbonyl (C=O) groups is 3. The summed E-state index contributed by atoms with van der Waals surface area (Å²) in [6, 6.07) is 2.19. The summed E-state index contributed by atoms with van der Waals surface area (Å²) in [6.45, 7) is 22.4. The van der Waals surface area contributed by atoms with Crippen molar-refractivity contribution in [2.75, 3.05) is 33.5 Å². The number of nitrogens with zero attached hydrogens (tertiary/aromatic N) is 1. The van der Waals surface area contributed by atoms with E-state index in [4.69, 9.17) is 24.2 Å². The molecule has 1 atom stereocenters. The van der Waals surface area contributed by atoms with E-state index in [9.17, 15) is 19.5 Å². The highest BCUT2D eigenvalue weighted by atomic mass is 16.6. The van der Waals surface area contributed by atoms with Crippen LogP contribution in [0.3, 0.4) is 0 Å². The highest BCUT2D eigenvalue weighted by Gasteiger charge is 2.28. The Morgan fingerprint density at radius 2 is 1.27 bits per heavy atom. The molecule has 0 aliphatic carbocycles. The number of aliphatic hydroxyl groups excluding tert-OH is 1. The van der Waals surface area contributed by atoms with Crippen molar-refractivity contribution in [3.05, 3.63) is 12.2 Å². The molecule has 37 heavy (non-hydrogen) atoms. The van der Waals surface area contributed by atoms with E-state index in [0.29, 0.717) is 19.6 Å². The van der Waals surface area contributed by atoms with Gasteiger partial charge in [0.1, 0.15) is 25.9 Å². The van der Waals surface area contributed by atoms with Gasteiger partial charge in [-0.1, -0.05) is 27.4 Å². The summed E-state index contributed by atoms with van der Waals surface area (Å²) < 4.78 is 19.4. The van der Waals surface area contributed by atoms with E-state index in [1.54, 1.807) is 21.0 Å². The Labute approximate surface area is 224 Å². The maximum absolute atomic E-state index is 11.6. The fraction of sp³-hybridized carbons (Fsp3) is 0.786. The van der Waals surface area contributed by atoms with Crippen LogP contribution in [-0.2, 0) is 33.3 Å². The fourth-order valence-corrected chi connectivity index (χ4v) is 1.49. The van der Waals surface area contributed by atoms with E-state index in [-0.39, 0.29) is 41.6 Å². The number of rotatable bonds is 13. The third-order valence-corrected chi connectivity index (χ3v) is 5.74. The molecule has 0 aliphatic rings. The zero-order chi connectivity index (χ0) is 29.9. The normalized spacial score (nSPS) is 11.9. The lowest BCUT2D eigenvalue weighted by atomic mass is 9.91. The van der Waals surface area contributed by atoms with Crippen molar-refractivity contribution in [2.24, 2.45) is 16.2 Å². The van der Waals surface area contributed by atoms with E-state index < -0.39 is 17.5 Å². The number of esters is 3. The molecule has 0 radical (unpaired) electrons. The molecule has 0 aliphatic heterocycles. The van der Waals surface area contributed by atoms with Crippen molar-refractivity contribution >= 4 is 17.9 Å². The lowest BCUT2D eigenvalue weighted by molar-refractivity contribution is -0.159. The van der Waals surface area contributed by atoms with Gasteiger partial charge in [-0.2, -0.15) is 5.26 Å². The highest BCUT2D eigenvalue weighted by Crippen LogP contribution is 2.22. The van der Waals surface area contributed by atoms with Crippen molar-refractivity contribution in [1.82, 2.24) is 0 Å². The summed E-state index contributed by atoms with van der Waals surface area (Å²) in [4.78, 5) is 33.9. The zero-order valence-electron chi connectivity index (χ0n) is 25.0. The minimum atomic E-state index is -1.02. The first-order chi connectivity index (χ1) is 16.9. The molecule has 0 rings (SSSR count). The lowest BCUT2D eigenvalue weighted by Crippen LogP contribution is -2.31. The number of nitriles is 1. The molecule has 0 bridgehead atoms. The molecular formula is C28H51NO8. The Bertz CT molecular complexity index is 735. The van der Waals surface area contributed by atoms with Crippen LogP contribution < -0.4 is 0 Å². The Hall–Kier alpha value is -2.44. The Balaban J connectivity index is -0.000000522. The highest BCUT2D eigenvalue weighted by molar-refractivity contribution is 5.86. The lowest BCUT2D eigenvalue weighted by Gasteiger charge is -2.21. The summed E-state index contributed by atoms with van der Waals surface area (Å²) in [5.74, 6) is -1.11. The maximum Gasteiger partial charge on any atom is 0.333 e. The van der Waals surface area contributed by atoms with Crippen LogP contribution in [0.2, 0.25) is 0 Å². The van der Waals surface area contributed by atoms with Crippen molar-refractivity contribution < 1.29 is 38.4 Å². The van der Waals surface area contributed by atoms with Crippen LogP contribution in [0.4, 0.5) is 0 Å². The number of aliphatic hydroxyl groups is 1. The van der Waals surface area contributed by atoms with Crippen LogP contribution in [-0.4, -0.2) is 62.7 Å². The van der Waals surface area contributed by atoms with E-state index in [2.05, 4.69) is 12.6 Å². The molecule has 0 saturated carbocycles. The summed E-state index contributed by atoms with van der Waals surface area (Å²) in [6.07, 6.45) is 1.35. The third kappa shape index (κ3) is 20.3. The van der Waals surface area contributed by atoms with Gasteiger partial charge < -0.3 is 24.1 Å². The largest absolute Gasteiger partial charge is 0.463 e. The van der Waals surface area contributed by atoms with Gasteiger partial charge >= 0.3 is 17.9 Å². The molecule has 9 heteroatoms. The molecule has 0 heterocycles. The SMILES string of the molecule is C=C(C)C(=O)OCC(O)COC(=O)C(C)(C)CC.CCC(C)(C)C#N.CCC(C)(C)C(=O)OCCOC. The molecular weight excluding hydrogens is 478 g/mol. The van der Waals surface area contributed by atoms with Crippen LogP contribution in [0.25, 0.3) is 0 Å². The van der Waals surface area contributed by atoms with E-state index >= 15 is 0 Å². The first-order valence-electron chi connectivity index (χ1n) is 12.6. The summed E-state index contributed by atoms with van der Waals surface area (Å²) in [5, 5.41) is 17.8. The van der Waals surface area contributed by atoms with Crippen molar-refractivity contribution in [2.45, 2.75) is 94.6 Å². The Morgan fingerprint density at radius 3 is 1.59 bits per heavy atom. The number of ether oxygens (including phenoxy) is 4. The molecule has 9 nitrogen and oxygen atoms in total. The Morgan fingerprint density at radius 1 is 0.838 bits per heavy atom. The molecule has 1 unspecified atom stereocenters. The molecule has 0 aromatic heterocycles. The van der Waals surface area contributed by atoms with Crippen molar-refractivity contribution in [1.29, 1.82) is 5.26 Å². The quantitative estimate of drug-likeness (QED) is 0.151. The monoisotopic (exact) mass is 529 g/mol. The van der Waals surface area contributed by atoms with Gasteiger partial charge in [0, 0.05) is 12.7 Å². The number of hydrogen-bond acceptors (Lipinski definition) is 9. The van der Waals surface area contributed by atoms with Gasteiger partial charge in [0.15, 0.2) is 0 Å². The average Bonchev–Trinajstić information content (AvgIpc) is 2.86. The van der Waals surface area contributed by atoms with Crippen LogP contribution in [0.15, 0.2) is 12.2 Å². The minimum Gasteiger partial charge on any atom is -0.463 e. The van der Waals surface area contributed by atoms with Gasteiger partial charge in [-0.15, -0.1) is 0 Å². The smallest absolute Gasteiger partial charge is 0.333 e. The first kappa shape index (κ1) is 39.1. The number of methoxy groups -OCH3 is 1. The molecule has 0 spiro atoms. The Kier molecular flexibility index (Phi) is 20.7.